The van der Waals surface area contributed by atoms with Crippen LogP contribution in [0.3, 0.4) is 0 Å². The van der Waals surface area contributed by atoms with Gasteiger partial charge in [0, 0.05) is 15.4 Å². The molecule has 0 saturated carbocycles. The molecule has 2 rings (SSSR count). The van der Waals surface area contributed by atoms with Crippen molar-refractivity contribution in [3.8, 4) is 0 Å². The summed E-state index contributed by atoms with van der Waals surface area (Å²) in [5.74, 6) is 0.928. The molecule has 0 aliphatic carbocycles. The van der Waals surface area contributed by atoms with Crippen LogP contribution in [0.1, 0.15) is 19.8 Å². The van der Waals surface area contributed by atoms with Gasteiger partial charge < -0.3 is 10.1 Å². The molecule has 3 nitrogen and oxygen atoms in total. The van der Waals surface area contributed by atoms with Crippen LogP contribution in [0.4, 0.5) is 5.69 Å². The fourth-order valence-corrected chi connectivity index (χ4v) is 3.90. The largest absolute Gasteiger partial charge is 0.467 e. The molecule has 5 heteroatoms. The van der Waals surface area contributed by atoms with Crippen LogP contribution in [0, 0.1) is 0 Å². The summed E-state index contributed by atoms with van der Waals surface area (Å²) in [6, 6.07) is 7.88. The van der Waals surface area contributed by atoms with Gasteiger partial charge in [0.25, 0.3) is 0 Å². The molecule has 0 radical (unpaired) electrons. The molecule has 0 bridgehead atoms. The highest BCUT2D eigenvalue weighted by atomic mass is 79.9. The second kappa shape index (κ2) is 6.18. The summed E-state index contributed by atoms with van der Waals surface area (Å²) in [5.41, 5.74) is 0.328. The summed E-state index contributed by atoms with van der Waals surface area (Å²) < 4.78 is 6.06. The van der Waals surface area contributed by atoms with Crippen LogP contribution in [0.5, 0.6) is 0 Å². The SMILES string of the molecule is COC(=O)C1(Nc2ccc(Br)cc2)CCCSC1C. The number of nitrogens with one attached hydrogen (secondary N) is 1. The van der Waals surface area contributed by atoms with Crippen LogP contribution in [0.15, 0.2) is 28.7 Å². The number of hydrogen-bond acceptors (Lipinski definition) is 4. The summed E-state index contributed by atoms with van der Waals surface area (Å²) in [6.45, 7) is 2.09. The summed E-state index contributed by atoms with van der Waals surface area (Å²) in [7, 11) is 1.46. The number of benzene rings is 1. The molecule has 1 saturated heterocycles. The number of anilines is 1. The van der Waals surface area contributed by atoms with Crippen molar-refractivity contribution >= 4 is 39.3 Å². The molecular formula is C14H18BrNO2S. The van der Waals surface area contributed by atoms with E-state index in [9.17, 15) is 4.79 Å². The van der Waals surface area contributed by atoms with Gasteiger partial charge in [-0.1, -0.05) is 22.9 Å². The highest BCUT2D eigenvalue weighted by Crippen LogP contribution is 2.37. The van der Waals surface area contributed by atoms with E-state index in [1.807, 2.05) is 36.0 Å². The standard InChI is InChI=1S/C14H18BrNO2S/c1-10-14(13(17)18-2,8-3-9-19-10)16-12-6-4-11(15)5-7-12/h4-7,10,16H,3,8-9H2,1-2H3. The maximum Gasteiger partial charge on any atom is 0.332 e. The number of thioether (sulfide) groups is 1. The lowest BCUT2D eigenvalue weighted by molar-refractivity contribution is -0.146. The first-order valence-electron chi connectivity index (χ1n) is 6.32. The Morgan fingerprint density at radius 3 is 2.74 bits per heavy atom. The number of carbonyl (C=O) groups excluding carboxylic acids is 1. The Kier molecular flexibility index (Phi) is 4.79. The van der Waals surface area contributed by atoms with Crippen molar-refractivity contribution < 1.29 is 9.53 Å². The number of hydrogen-bond donors (Lipinski definition) is 1. The Bertz CT molecular complexity index is 451. The predicted octanol–water partition coefficient (Wildman–Crippen LogP) is 3.69. The van der Waals surface area contributed by atoms with Gasteiger partial charge in [0.15, 0.2) is 0 Å². The third kappa shape index (κ3) is 3.08. The highest BCUT2D eigenvalue weighted by Gasteiger charge is 2.46. The first-order chi connectivity index (χ1) is 9.08. The van der Waals surface area contributed by atoms with Crippen LogP contribution in [-0.2, 0) is 9.53 Å². The predicted molar refractivity (Wildman–Crippen MR) is 83.7 cm³/mol. The maximum atomic E-state index is 12.3. The van der Waals surface area contributed by atoms with Crippen molar-refractivity contribution in [1.82, 2.24) is 0 Å². The fraction of sp³-hybridized carbons (Fsp3) is 0.500. The molecule has 1 N–H and O–H groups in total. The molecule has 1 aromatic carbocycles. The summed E-state index contributed by atoms with van der Waals surface area (Å²) in [4.78, 5) is 12.3. The van der Waals surface area contributed by atoms with Crippen molar-refractivity contribution in [3.63, 3.8) is 0 Å². The zero-order valence-corrected chi connectivity index (χ0v) is 13.5. The van der Waals surface area contributed by atoms with Gasteiger partial charge in [-0.2, -0.15) is 11.8 Å². The van der Waals surface area contributed by atoms with E-state index in [1.54, 1.807) is 0 Å². The second-order valence-electron chi connectivity index (χ2n) is 4.71. The van der Waals surface area contributed by atoms with Crippen LogP contribution >= 0.6 is 27.7 Å². The monoisotopic (exact) mass is 343 g/mol. The number of carbonyl (C=O) groups is 1. The third-order valence-electron chi connectivity index (χ3n) is 3.54. The van der Waals surface area contributed by atoms with E-state index >= 15 is 0 Å². The van der Waals surface area contributed by atoms with Gasteiger partial charge in [0.2, 0.25) is 0 Å². The number of halogens is 1. The minimum Gasteiger partial charge on any atom is -0.467 e. The lowest BCUT2D eigenvalue weighted by atomic mass is 9.89. The van der Waals surface area contributed by atoms with E-state index in [4.69, 9.17) is 4.74 Å². The second-order valence-corrected chi connectivity index (χ2v) is 7.08. The molecule has 0 aromatic heterocycles. The van der Waals surface area contributed by atoms with E-state index in [0.717, 1.165) is 28.8 Å². The fourth-order valence-electron chi connectivity index (χ4n) is 2.41. The number of esters is 1. The molecule has 1 aliphatic rings. The molecule has 0 amide bonds. The van der Waals surface area contributed by atoms with Crippen molar-refractivity contribution in [2.45, 2.75) is 30.6 Å². The lowest BCUT2D eigenvalue weighted by Crippen LogP contribution is -2.55. The van der Waals surface area contributed by atoms with Crippen molar-refractivity contribution in [1.29, 1.82) is 0 Å². The lowest BCUT2D eigenvalue weighted by Gasteiger charge is -2.40. The zero-order chi connectivity index (χ0) is 13.9. The Labute approximate surface area is 126 Å². The van der Waals surface area contributed by atoms with Crippen LogP contribution < -0.4 is 5.32 Å². The Morgan fingerprint density at radius 1 is 1.47 bits per heavy atom. The van der Waals surface area contributed by atoms with Gasteiger partial charge in [-0.25, -0.2) is 4.79 Å². The summed E-state index contributed by atoms with van der Waals surface area (Å²) in [6.07, 6.45) is 1.83. The molecule has 1 aromatic rings. The third-order valence-corrected chi connectivity index (χ3v) is 5.49. The van der Waals surface area contributed by atoms with E-state index in [1.165, 1.54) is 7.11 Å². The average molecular weight is 344 g/mol. The average Bonchev–Trinajstić information content (AvgIpc) is 2.43. The summed E-state index contributed by atoms with van der Waals surface area (Å²) in [5, 5.41) is 3.60. The van der Waals surface area contributed by atoms with E-state index < -0.39 is 5.54 Å². The molecular weight excluding hydrogens is 326 g/mol. The highest BCUT2D eigenvalue weighted by molar-refractivity contribution is 9.10. The first kappa shape index (κ1) is 14.7. The molecule has 104 valence electrons. The quantitative estimate of drug-likeness (QED) is 0.849. The normalized spacial score (nSPS) is 26.8. The minimum absolute atomic E-state index is 0.171. The van der Waals surface area contributed by atoms with Crippen molar-refractivity contribution in [2.75, 3.05) is 18.2 Å². The van der Waals surface area contributed by atoms with E-state index in [0.29, 0.717) is 0 Å². The topological polar surface area (TPSA) is 38.3 Å². The number of methoxy groups -OCH3 is 1. The molecule has 19 heavy (non-hydrogen) atoms. The van der Waals surface area contributed by atoms with Crippen LogP contribution in [-0.4, -0.2) is 29.6 Å². The molecule has 1 heterocycles. The van der Waals surface area contributed by atoms with Gasteiger partial charge in [-0.3, -0.25) is 0 Å². The van der Waals surface area contributed by atoms with E-state index in [-0.39, 0.29) is 11.2 Å². The molecule has 2 atom stereocenters. The van der Waals surface area contributed by atoms with Crippen molar-refractivity contribution in [2.24, 2.45) is 0 Å². The van der Waals surface area contributed by atoms with Gasteiger partial charge in [-0.05, 0) is 42.9 Å². The van der Waals surface area contributed by atoms with Crippen molar-refractivity contribution in [3.05, 3.63) is 28.7 Å². The smallest absolute Gasteiger partial charge is 0.332 e. The number of rotatable bonds is 3. The summed E-state index contributed by atoms with van der Waals surface area (Å²) >= 11 is 5.23. The Hall–Kier alpha value is -0.680. The minimum atomic E-state index is -0.620. The Morgan fingerprint density at radius 2 is 2.16 bits per heavy atom. The molecule has 0 spiro atoms. The molecule has 1 fully saturated rings. The zero-order valence-electron chi connectivity index (χ0n) is 11.1. The van der Waals surface area contributed by atoms with E-state index in [2.05, 4.69) is 28.2 Å². The van der Waals surface area contributed by atoms with Gasteiger partial charge in [0.1, 0.15) is 5.54 Å². The van der Waals surface area contributed by atoms with Crippen LogP contribution in [0.2, 0.25) is 0 Å². The van der Waals surface area contributed by atoms with Gasteiger partial charge in [-0.15, -0.1) is 0 Å². The number of ether oxygens (including phenoxy) is 1. The first-order valence-corrected chi connectivity index (χ1v) is 8.16. The maximum absolute atomic E-state index is 12.3. The van der Waals surface area contributed by atoms with Crippen LogP contribution in [0.25, 0.3) is 0 Å². The molecule has 2 unspecified atom stereocenters. The Balaban J connectivity index is 2.27. The van der Waals surface area contributed by atoms with Gasteiger partial charge in [0.05, 0.1) is 7.11 Å². The molecule has 1 aliphatic heterocycles. The van der Waals surface area contributed by atoms with Gasteiger partial charge >= 0.3 is 5.97 Å².